The Kier molecular flexibility index (Phi) is 2.37. The van der Waals surface area contributed by atoms with Crippen molar-refractivity contribution in [1.82, 2.24) is 24.2 Å². The van der Waals surface area contributed by atoms with E-state index >= 15 is 0 Å². The maximum absolute atomic E-state index is 4.54. The third kappa shape index (κ3) is 1.70. The molecule has 0 aliphatic carbocycles. The van der Waals surface area contributed by atoms with Crippen LogP contribution in [0.1, 0.15) is 11.3 Å². The van der Waals surface area contributed by atoms with Gasteiger partial charge >= 0.3 is 0 Å². The zero-order valence-corrected chi connectivity index (χ0v) is 9.74. The first kappa shape index (κ1) is 9.80. The fourth-order valence-corrected chi connectivity index (χ4v) is 2.23. The van der Waals surface area contributed by atoms with Crippen LogP contribution in [0.25, 0.3) is 11.6 Å². The Hall–Kier alpha value is -1.40. The quantitative estimate of drug-likeness (QED) is 0.735. The average molecular weight is 233 g/mol. The van der Waals surface area contributed by atoms with E-state index in [4.69, 9.17) is 0 Å². The summed E-state index contributed by atoms with van der Waals surface area (Å²) >= 11 is 1.32. The number of hydrogen-bond donors (Lipinski definition) is 0. The summed E-state index contributed by atoms with van der Waals surface area (Å²) in [5.74, 6) is 1.26. The number of rotatable bonds is 1. The van der Waals surface area contributed by atoms with Crippen LogP contribution in [0.5, 0.6) is 0 Å². The normalized spacial score (nSPS) is 16.1. The molecule has 1 aliphatic rings. The summed E-state index contributed by atoms with van der Waals surface area (Å²) < 4.78 is 4.15. The number of hydrogen-bond acceptors (Lipinski definition) is 6. The SMILES string of the molecule is CN1CCc2cnc(-c3ncsn3)nc2C1. The fraction of sp³-hybridized carbons (Fsp3) is 0.400. The van der Waals surface area contributed by atoms with Crippen molar-refractivity contribution >= 4 is 11.5 Å². The molecular weight excluding hydrogens is 222 g/mol. The minimum absolute atomic E-state index is 0.626. The highest BCUT2D eigenvalue weighted by Crippen LogP contribution is 2.18. The zero-order chi connectivity index (χ0) is 11.0. The summed E-state index contributed by atoms with van der Waals surface area (Å²) in [7, 11) is 2.10. The monoisotopic (exact) mass is 233 g/mol. The predicted octanol–water partition coefficient (Wildman–Crippen LogP) is 0.983. The molecule has 3 heterocycles. The summed E-state index contributed by atoms with van der Waals surface area (Å²) in [4.78, 5) is 15.2. The van der Waals surface area contributed by atoms with Gasteiger partial charge < -0.3 is 4.90 Å². The molecule has 16 heavy (non-hydrogen) atoms. The van der Waals surface area contributed by atoms with Crippen molar-refractivity contribution in [1.29, 1.82) is 0 Å². The predicted molar refractivity (Wildman–Crippen MR) is 61.0 cm³/mol. The standard InChI is InChI=1S/C10H11N5S/c1-15-3-2-7-4-11-9(13-8(7)5-15)10-12-6-16-14-10/h4,6H,2-3,5H2,1H3. The van der Waals surface area contributed by atoms with Gasteiger partial charge in [-0.05, 0) is 30.6 Å². The molecule has 1 aliphatic heterocycles. The highest BCUT2D eigenvalue weighted by molar-refractivity contribution is 7.03. The van der Waals surface area contributed by atoms with Crippen molar-refractivity contribution in [2.75, 3.05) is 13.6 Å². The van der Waals surface area contributed by atoms with Gasteiger partial charge in [0.2, 0.25) is 5.82 Å². The molecule has 0 radical (unpaired) electrons. The third-order valence-corrected chi connectivity index (χ3v) is 3.18. The highest BCUT2D eigenvalue weighted by atomic mass is 32.1. The Balaban J connectivity index is 2.01. The first-order valence-corrected chi connectivity index (χ1v) is 5.96. The van der Waals surface area contributed by atoms with E-state index in [1.54, 1.807) is 5.51 Å². The van der Waals surface area contributed by atoms with E-state index in [0.29, 0.717) is 11.6 Å². The Morgan fingerprint density at radius 2 is 2.25 bits per heavy atom. The second-order valence-corrected chi connectivity index (χ2v) is 4.51. The Labute approximate surface area is 97.4 Å². The molecule has 0 fully saturated rings. The lowest BCUT2D eigenvalue weighted by Crippen LogP contribution is -2.27. The molecular formula is C10H11N5S. The molecule has 82 valence electrons. The van der Waals surface area contributed by atoms with Crippen molar-refractivity contribution in [3.8, 4) is 11.6 Å². The van der Waals surface area contributed by atoms with Gasteiger partial charge in [0.15, 0.2) is 5.82 Å². The maximum Gasteiger partial charge on any atom is 0.210 e. The summed E-state index contributed by atoms with van der Waals surface area (Å²) in [6.45, 7) is 1.96. The van der Waals surface area contributed by atoms with Crippen LogP contribution in [-0.2, 0) is 13.0 Å². The summed E-state index contributed by atoms with van der Waals surface area (Å²) in [5, 5.41) is 0. The molecule has 6 heteroatoms. The number of fused-ring (bicyclic) bond motifs is 1. The molecule has 5 nitrogen and oxygen atoms in total. The average Bonchev–Trinajstić information content (AvgIpc) is 2.81. The van der Waals surface area contributed by atoms with Crippen molar-refractivity contribution in [2.24, 2.45) is 0 Å². The van der Waals surface area contributed by atoms with Crippen molar-refractivity contribution in [3.63, 3.8) is 0 Å². The fourth-order valence-electron chi connectivity index (χ4n) is 1.81. The molecule has 0 aromatic carbocycles. The van der Waals surface area contributed by atoms with Gasteiger partial charge in [0.25, 0.3) is 0 Å². The molecule has 0 atom stereocenters. The Bertz CT molecular complexity index is 496. The molecule has 2 aromatic heterocycles. The van der Waals surface area contributed by atoms with Crippen LogP contribution in [0, 0.1) is 0 Å². The molecule has 0 amide bonds. The van der Waals surface area contributed by atoms with Crippen molar-refractivity contribution < 1.29 is 0 Å². The first-order valence-electron chi connectivity index (χ1n) is 5.13. The van der Waals surface area contributed by atoms with Gasteiger partial charge in [-0.25, -0.2) is 15.0 Å². The molecule has 3 rings (SSSR count). The summed E-state index contributed by atoms with van der Waals surface area (Å²) in [5.41, 5.74) is 4.05. The van der Waals surface area contributed by atoms with E-state index < -0.39 is 0 Å². The smallest absolute Gasteiger partial charge is 0.210 e. The van der Waals surface area contributed by atoms with Gasteiger partial charge in [-0.15, -0.1) is 0 Å². The van der Waals surface area contributed by atoms with Crippen molar-refractivity contribution in [2.45, 2.75) is 13.0 Å². The van der Waals surface area contributed by atoms with Gasteiger partial charge in [0.05, 0.1) is 5.69 Å². The van der Waals surface area contributed by atoms with E-state index in [1.165, 1.54) is 17.1 Å². The van der Waals surface area contributed by atoms with E-state index in [9.17, 15) is 0 Å². The van der Waals surface area contributed by atoms with Crippen LogP contribution in [0.15, 0.2) is 11.7 Å². The molecule has 0 N–H and O–H groups in total. The zero-order valence-electron chi connectivity index (χ0n) is 8.92. The van der Waals surface area contributed by atoms with Crippen LogP contribution in [0.3, 0.4) is 0 Å². The molecule has 2 aromatic rings. The van der Waals surface area contributed by atoms with E-state index in [2.05, 4.69) is 31.3 Å². The lowest BCUT2D eigenvalue weighted by atomic mass is 10.1. The lowest BCUT2D eigenvalue weighted by molar-refractivity contribution is 0.307. The van der Waals surface area contributed by atoms with Crippen LogP contribution < -0.4 is 0 Å². The first-order chi connectivity index (χ1) is 7.83. The van der Waals surface area contributed by atoms with Gasteiger partial charge in [-0.2, -0.15) is 4.37 Å². The molecule has 0 bridgehead atoms. The molecule has 0 spiro atoms. The molecule has 0 saturated heterocycles. The van der Waals surface area contributed by atoms with Gasteiger partial charge in [-0.1, -0.05) is 0 Å². The largest absolute Gasteiger partial charge is 0.300 e. The Morgan fingerprint density at radius 1 is 1.31 bits per heavy atom. The Morgan fingerprint density at radius 3 is 3.06 bits per heavy atom. The lowest BCUT2D eigenvalue weighted by Gasteiger charge is -2.23. The van der Waals surface area contributed by atoms with Gasteiger partial charge in [-0.3, -0.25) is 0 Å². The van der Waals surface area contributed by atoms with Crippen LogP contribution in [0.2, 0.25) is 0 Å². The van der Waals surface area contributed by atoms with Crippen LogP contribution in [0.4, 0.5) is 0 Å². The minimum atomic E-state index is 0.626. The van der Waals surface area contributed by atoms with E-state index in [1.807, 2.05) is 6.20 Å². The molecule has 0 saturated carbocycles. The minimum Gasteiger partial charge on any atom is -0.300 e. The van der Waals surface area contributed by atoms with Crippen LogP contribution >= 0.6 is 11.5 Å². The summed E-state index contributed by atoms with van der Waals surface area (Å²) in [6.07, 6.45) is 2.93. The second kappa shape index (κ2) is 3.88. The number of likely N-dealkylation sites (N-methyl/N-ethyl adjacent to an activating group) is 1. The van der Waals surface area contributed by atoms with Crippen LogP contribution in [-0.4, -0.2) is 37.8 Å². The van der Waals surface area contributed by atoms with Crippen molar-refractivity contribution in [3.05, 3.63) is 23.0 Å². The van der Waals surface area contributed by atoms with E-state index in [0.717, 1.165) is 25.2 Å². The highest BCUT2D eigenvalue weighted by Gasteiger charge is 2.16. The van der Waals surface area contributed by atoms with Gasteiger partial charge in [0, 0.05) is 19.3 Å². The molecule has 0 unspecified atom stereocenters. The maximum atomic E-state index is 4.54. The third-order valence-electron chi connectivity index (χ3n) is 2.70. The number of nitrogens with zero attached hydrogens (tertiary/aromatic N) is 5. The topological polar surface area (TPSA) is 54.8 Å². The van der Waals surface area contributed by atoms with Gasteiger partial charge in [0.1, 0.15) is 5.51 Å². The van der Waals surface area contributed by atoms with E-state index in [-0.39, 0.29) is 0 Å². The second-order valence-electron chi connectivity index (χ2n) is 3.91. The summed E-state index contributed by atoms with van der Waals surface area (Å²) in [6, 6.07) is 0. The number of aromatic nitrogens is 4.